The zero-order valence-electron chi connectivity index (χ0n) is 15.0. The molecule has 0 saturated heterocycles. The molecule has 1 atom stereocenters. The molecule has 1 nitrogen and oxygen atoms in total. The minimum Gasteiger partial charge on any atom is -0.303 e. The molecule has 0 heterocycles. The summed E-state index contributed by atoms with van der Waals surface area (Å²) in [5.74, 6) is 2.84. The van der Waals surface area contributed by atoms with Crippen LogP contribution in [-0.2, 0) is 0 Å². The van der Waals surface area contributed by atoms with Gasteiger partial charge in [-0.05, 0) is 61.9 Å². The maximum atomic E-state index is 2.63. The van der Waals surface area contributed by atoms with Gasteiger partial charge in [-0.3, -0.25) is 0 Å². The maximum absolute atomic E-state index is 2.63. The van der Waals surface area contributed by atoms with Crippen molar-refractivity contribution in [2.24, 2.45) is 23.2 Å². The second-order valence-corrected chi connectivity index (χ2v) is 8.32. The van der Waals surface area contributed by atoms with Crippen LogP contribution in [-0.4, -0.2) is 24.5 Å². The van der Waals surface area contributed by atoms with Gasteiger partial charge in [-0.1, -0.05) is 54.4 Å². The van der Waals surface area contributed by atoms with Crippen LogP contribution in [0.4, 0.5) is 0 Å². The Morgan fingerprint density at radius 3 is 2.10 bits per heavy atom. The third kappa shape index (κ3) is 6.16. The normalized spacial score (nSPS) is 25.9. The first-order valence-electron chi connectivity index (χ1n) is 9.09. The molecule has 1 unspecified atom stereocenters. The summed E-state index contributed by atoms with van der Waals surface area (Å²) in [5.41, 5.74) is 0.525. The van der Waals surface area contributed by atoms with Gasteiger partial charge in [0.1, 0.15) is 0 Å². The Labute approximate surface area is 128 Å². The van der Waals surface area contributed by atoms with Crippen molar-refractivity contribution in [1.82, 2.24) is 4.90 Å². The second-order valence-electron chi connectivity index (χ2n) is 8.32. The third-order valence-electron chi connectivity index (χ3n) is 5.36. The van der Waals surface area contributed by atoms with Crippen molar-refractivity contribution in [3.63, 3.8) is 0 Å². The van der Waals surface area contributed by atoms with Gasteiger partial charge in [-0.15, -0.1) is 0 Å². The maximum Gasteiger partial charge on any atom is 0.000700 e. The number of hydrogen-bond acceptors (Lipinski definition) is 1. The molecule has 20 heavy (non-hydrogen) atoms. The molecule has 0 bridgehead atoms. The Hall–Kier alpha value is -0.0400. The first kappa shape index (κ1) is 18.0. The molecule has 120 valence electrons. The van der Waals surface area contributed by atoms with Crippen LogP contribution in [0, 0.1) is 23.2 Å². The fourth-order valence-electron chi connectivity index (χ4n) is 4.04. The van der Waals surface area contributed by atoms with Crippen molar-refractivity contribution in [3.05, 3.63) is 0 Å². The molecule has 0 aromatic heterocycles. The second kappa shape index (κ2) is 8.41. The average molecular weight is 282 g/mol. The van der Waals surface area contributed by atoms with E-state index in [1.807, 2.05) is 0 Å². The van der Waals surface area contributed by atoms with Crippen LogP contribution >= 0.6 is 0 Å². The van der Waals surface area contributed by atoms with Crippen LogP contribution in [0.3, 0.4) is 0 Å². The zero-order chi connectivity index (χ0) is 15.2. The Kier molecular flexibility index (Phi) is 7.58. The van der Waals surface area contributed by atoms with Crippen molar-refractivity contribution in [2.45, 2.75) is 80.1 Å². The molecule has 0 aromatic rings. The van der Waals surface area contributed by atoms with E-state index in [0.717, 1.165) is 17.8 Å². The van der Waals surface area contributed by atoms with E-state index in [1.54, 1.807) is 0 Å². The third-order valence-corrected chi connectivity index (χ3v) is 5.36. The van der Waals surface area contributed by atoms with Crippen LogP contribution in [0.1, 0.15) is 80.1 Å². The summed E-state index contributed by atoms with van der Waals surface area (Å²) in [6, 6.07) is 0. The highest BCUT2D eigenvalue weighted by molar-refractivity contribution is 4.81. The molecule has 1 heteroatoms. The fourth-order valence-corrected chi connectivity index (χ4v) is 4.04. The SMILES string of the molecule is CCCN(CC)CC(C)CC1CCC(C(C)(C)C)CC1. The summed E-state index contributed by atoms with van der Waals surface area (Å²) in [6.45, 7) is 18.1. The summed E-state index contributed by atoms with van der Waals surface area (Å²) in [7, 11) is 0. The first-order valence-corrected chi connectivity index (χ1v) is 9.09. The fraction of sp³-hybridized carbons (Fsp3) is 1.00. The lowest BCUT2D eigenvalue weighted by molar-refractivity contribution is 0.133. The van der Waals surface area contributed by atoms with E-state index in [4.69, 9.17) is 0 Å². The van der Waals surface area contributed by atoms with E-state index >= 15 is 0 Å². The van der Waals surface area contributed by atoms with Gasteiger partial charge in [0, 0.05) is 6.54 Å². The Morgan fingerprint density at radius 2 is 1.65 bits per heavy atom. The highest BCUT2D eigenvalue weighted by Gasteiger charge is 2.30. The average Bonchev–Trinajstić information content (AvgIpc) is 2.37. The van der Waals surface area contributed by atoms with E-state index in [9.17, 15) is 0 Å². The van der Waals surface area contributed by atoms with Gasteiger partial charge < -0.3 is 4.90 Å². The van der Waals surface area contributed by atoms with Crippen molar-refractivity contribution < 1.29 is 0 Å². The van der Waals surface area contributed by atoms with Gasteiger partial charge >= 0.3 is 0 Å². The predicted octanol–water partition coefficient (Wildman–Crippen LogP) is 5.60. The van der Waals surface area contributed by atoms with Crippen molar-refractivity contribution >= 4 is 0 Å². The van der Waals surface area contributed by atoms with Crippen molar-refractivity contribution in [2.75, 3.05) is 19.6 Å². The van der Waals surface area contributed by atoms with E-state index < -0.39 is 0 Å². The standard InChI is InChI=1S/C19H39N/c1-7-13-20(8-2)15-16(3)14-17-9-11-18(12-10-17)19(4,5)6/h16-18H,7-15H2,1-6H3. The molecular formula is C19H39N. The summed E-state index contributed by atoms with van der Waals surface area (Å²) >= 11 is 0. The molecule has 0 spiro atoms. The van der Waals surface area contributed by atoms with Gasteiger partial charge in [-0.25, -0.2) is 0 Å². The molecular weight excluding hydrogens is 242 g/mol. The number of hydrogen-bond donors (Lipinski definition) is 0. The molecule has 1 aliphatic carbocycles. The van der Waals surface area contributed by atoms with E-state index in [2.05, 4.69) is 46.4 Å². The summed E-state index contributed by atoms with van der Waals surface area (Å²) in [5, 5.41) is 0. The Bertz CT molecular complexity index is 245. The summed E-state index contributed by atoms with van der Waals surface area (Å²) < 4.78 is 0. The van der Waals surface area contributed by atoms with Crippen LogP contribution in [0.15, 0.2) is 0 Å². The molecule has 1 saturated carbocycles. The van der Waals surface area contributed by atoms with Gasteiger partial charge in [0.25, 0.3) is 0 Å². The summed E-state index contributed by atoms with van der Waals surface area (Å²) in [6.07, 6.45) is 8.63. The molecule has 0 aliphatic heterocycles. The van der Waals surface area contributed by atoms with Gasteiger partial charge in [0.05, 0.1) is 0 Å². The lowest BCUT2D eigenvalue weighted by Gasteiger charge is -2.38. The van der Waals surface area contributed by atoms with E-state index in [0.29, 0.717) is 5.41 Å². The molecule has 1 rings (SSSR count). The highest BCUT2D eigenvalue weighted by Crippen LogP contribution is 2.41. The van der Waals surface area contributed by atoms with Crippen molar-refractivity contribution in [1.29, 1.82) is 0 Å². The summed E-state index contributed by atoms with van der Waals surface area (Å²) in [4.78, 5) is 2.63. The molecule has 0 radical (unpaired) electrons. The lowest BCUT2D eigenvalue weighted by atomic mass is 9.68. The lowest BCUT2D eigenvalue weighted by Crippen LogP contribution is -2.31. The number of rotatable bonds is 7. The Balaban J connectivity index is 2.29. The van der Waals surface area contributed by atoms with Crippen LogP contribution in [0.25, 0.3) is 0 Å². The van der Waals surface area contributed by atoms with Crippen LogP contribution in [0.5, 0.6) is 0 Å². The quantitative estimate of drug-likeness (QED) is 0.587. The largest absolute Gasteiger partial charge is 0.303 e. The Morgan fingerprint density at radius 1 is 1.05 bits per heavy atom. The topological polar surface area (TPSA) is 3.24 Å². The van der Waals surface area contributed by atoms with Gasteiger partial charge in [0.15, 0.2) is 0 Å². The minimum absolute atomic E-state index is 0.525. The van der Waals surface area contributed by atoms with Crippen molar-refractivity contribution in [3.8, 4) is 0 Å². The monoisotopic (exact) mass is 281 g/mol. The minimum atomic E-state index is 0.525. The first-order chi connectivity index (χ1) is 9.36. The smallest absolute Gasteiger partial charge is 0.000700 e. The highest BCUT2D eigenvalue weighted by atomic mass is 15.1. The van der Waals surface area contributed by atoms with E-state index in [1.165, 1.54) is 58.2 Å². The predicted molar refractivity (Wildman–Crippen MR) is 91.1 cm³/mol. The van der Waals surface area contributed by atoms with Gasteiger partial charge in [0.2, 0.25) is 0 Å². The molecule has 0 aromatic carbocycles. The van der Waals surface area contributed by atoms with E-state index in [-0.39, 0.29) is 0 Å². The molecule has 1 aliphatic rings. The number of nitrogens with zero attached hydrogens (tertiary/aromatic N) is 1. The van der Waals surface area contributed by atoms with Gasteiger partial charge in [-0.2, -0.15) is 0 Å². The molecule has 1 fully saturated rings. The van der Waals surface area contributed by atoms with Crippen LogP contribution in [0.2, 0.25) is 0 Å². The van der Waals surface area contributed by atoms with Crippen LogP contribution < -0.4 is 0 Å². The molecule has 0 N–H and O–H groups in total. The molecule has 0 amide bonds. The zero-order valence-corrected chi connectivity index (χ0v) is 15.0.